The van der Waals surface area contributed by atoms with Crippen LogP contribution in [0.4, 0.5) is 0 Å². The fourth-order valence-corrected chi connectivity index (χ4v) is 1.80. The van der Waals surface area contributed by atoms with Crippen LogP contribution < -0.4 is 5.73 Å². The molecule has 2 nitrogen and oxygen atoms in total. The average Bonchev–Trinajstić information content (AvgIpc) is 1.97. The molecule has 0 saturated heterocycles. The van der Waals surface area contributed by atoms with Gasteiger partial charge in [-0.15, -0.1) is 11.8 Å². The van der Waals surface area contributed by atoms with Crippen molar-refractivity contribution in [3.63, 3.8) is 0 Å². The summed E-state index contributed by atoms with van der Waals surface area (Å²) in [5, 5.41) is 0.0416. The van der Waals surface area contributed by atoms with Crippen molar-refractivity contribution in [3.05, 3.63) is 0 Å². The molecule has 11 heavy (non-hydrogen) atoms. The molecule has 0 spiro atoms. The second-order valence-corrected chi connectivity index (χ2v) is 3.97. The lowest BCUT2D eigenvalue weighted by Crippen LogP contribution is -2.25. The van der Waals surface area contributed by atoms with Gasteiger partial charge in [0.25, 0.3) is 0 Å². The van der Waals surface area contributed by atoms with Gasteiger partial charge >= 0.3 is 0 Å². The molecule has 0 aromatic heterocycles. The predicted molar refractivity (Wildman–Crippen MR) is 50.6 cm³/mol. The second-order valence-electron chi connectivity index (χ2n) is 2.49. The highest BCUT2D eigenvalue weighted by Gasteiger charge is 2.13. The first kappa shape index (κ1) is 10.8. The summed E-state index contributed by atoms with van der Waals surface area (Å²) in [5.41, 5.74) is 5.20. The van der Waals surface area contributed by atoms with E-state index in [2.05, 4.69) is 6.92 Å². The minimum Gasteiger partial charge on any atom is -0.369 e. The van der Waals surface area contributed by atoms with Gasteiger partial charge in [-0.1, -0.05) is 26.7 Å². The first-order valence-electron chi connectivity index (χ1n) is 4.13. The Hall–Kier alpha value is -0.180. The molecule has 0 heterocycles. The number of thioether (sulfide) groups is 1. The van der Waals surface area contributed by atoms with Crippen LogP contribution in [0.3, 0.4) is 0 Å². The third-order valence-electron chi connectivity index (χ3n) is 1.51. The molecule has 0 rings (SSSR count). The van der Waals surface area contributed by atoms with Gasteiger partial charge in [0, 0.05) is 0 Å². The molecule has 0 fully saturated rings. The summed E-state index contributed by atoms with van der Waals surface area (Å²) in [6, 6.07) is 0. The summed E-state index contributed by atoms with van der Waals surface area (Å²) < 4.78 is 0. The highest BCUT2D eigenvalue weighted by atomic mass is 32.2. The van der Waals surface area contributed by atoms with E-state index in [1.165, 1.54) is 0 Å². The van der Waals surface area contributed by atoms with Crippen LogP contribution >= 0.6 is 11.8 Å². The van der Waals surface area contributed by atoms with E-state index in [-0.39, 0.29) is 11.2 Å². The Bertz CT molecular complexity index is 117. The van der Waals surface area contributed by atoms with Crippen molar-refractivity contribution in [2.45, 2.75) is 38.4 Å². The molecule has 2 N–H and O–H groups in total. The lowest BCUT2D eigenvalue weighted by molar-refractivity contribution is -0.117. The van der Waals surface area contributed by atoms with E-state index in [4.69, 9.17) is 5.73 Å². The lowest BCUT2D eigenvalue weighted by Gasteiger charge is -2.09. The summed E-state index contributed by atoms with van der Waals surface area (Å²) in [5.74, 6) is 0.808. The minimum absolute atomic E-state index is 0.0416. The monoisotopic (exact) mass is 175 g/mol. The summed E-state index contributed by atoms with van der Waals surface area (Å²) in [6.07, 6.45) is 3.17. The molecular weight excluding hydrogens is 158 g/mol. The number of primary amides is 1. The normalized spacial score (nSPS) is 12.9. The van der Waals surface area contributed by atoms with Crippen LogP contribution in [-0.2, 0) is 4.79 Å². The third-order valence-corrected chi connectivity index (χ3v) is 2.71. The van der Waals surface area contributed by atoms with Crippen molar-refractivity contribution >= 4 is 17.7 Å². The van der Waals surface area contributed by atoms with Gasteiger partial charge < -0.3 is 5.73 Å². The number of rotatable bonds is 6. The Labute approximate surface area is 72.9 Å². The minimum atomic E-state index is -0.162. The topological polar surface area (TPSA) is 43.1 Å². The van der Waals surface area contributed by atoms with Crippen molar-refractivity contribution in [2.24, 2.45) is 5.73 Å². The molecule has 0 aromatic carbocycles. The maximum atomic E-state index is 10.8. The Morgan fingerprint density at radius 3 is 2.55 bits per heavy atom. The van der Waals surface area contributed by atoms with Crippen molar-refractivity contribution in [2.75, 3.05) is 5.75 Å². The zero-order valence-corrected chi connectivity index (χ0v) is 8.12. The van der Waals surface area contributed by atoms with Gasteiger partial charge in [0.1, 0.15) is 0 Å². The molecule has 0 aliphatic heterocycles. The molecule has 1 amide bonds. The molecule has 1 unspecified atom stereocenters. The van der Waals surface area contributed by atoms with E-state index in [9.17, 15) is 4.79 Å². The maximum absolute atomic E-state index is 10.8. The Morgan fingerprint density at radius 2 is 2.18 bits per heavy atom. The smallest absolute Gasteiger partial charge is 0.230 e. The van der Waals surface area contributed by atoms with E-state index in [1.54, 1.807) is 11.8 Å². The lowest BCUT2D eigenvalue weighted by atomic mass is 10.2. The summed E-state index contributed by atoms with van der Waals surface area (Å²) >= 11 is 1.65. The molecule has 0 aliphatic carbocycles. The molecule has 0 aliphatic rings. The first-order chi connectivity index (χ1) is 5.22. The predicted octanol–water partition coefficient (Wildman–Crippen LogP) is 1.78. The van der Waals surface area contributed by atoms with Crippen LogP contribution in [0.1, 0.15) is 33.1 Å². The average molecular weight is 175 g/mol. The molecule has 1 atom stereocenters. The number of carbonyl (C=O) groups excluding carboxylic acids is 1. The van der Waals surface area contributed by atoms with E-state index < -0.39 is 0 Å². The van der Waals surface area contributed by atoms with Crippen molar-refractivity contribution in [1.82, 2.24) is 0 Å². The number of amides is 1. The summed E-state index contributed by atoms with van der Waals surface area (Å²) in [7, 11) is 0. The van der Waals surface area contributed by atoms with Crippen LogP contribution in [0.25, 0.3) is 0 Å². The highest BCUT2D eigenvalue weighted by molar-refractivity contribution is 8.00. The van der Waals surface area contributed by atoms with E-state index in [0.29, 0.717) is 0 Å². The largest absolute Gasteiger partial charge is 0.369 e. The Balaban J connectivity index is 3.60. The molecule has 3 heteroatoms. The van der Waals surface area contributed by atoms with Gasteiger partial charge in [0.2, 0.25) is 5.91 Å². The van der Waals surface area contributed by atoms with Gasteiger partial charge in [-0.25, -0.2) is 0 Å². The first-order valence-corrected chi connectivity index (χ1v) is 5.18. The number of carbonyl (C=O) groups is 1. The van der Waals surface area contributed by atoms with Crippen LogP contribution in [0, 0.1) is 0 Å². The Morgan fingerprint density at radius 1 is 1.55 bits per heavy atom. The molecule has 0 radical (unpaired) electrons. The van der Waals surface area contributed by atoms with Gasteiger partial charge in [-0.3, -0.25) is 4.79 Å². The molecule has 0 aromatic rings. The van der Waals surface area contributed by atoms with Gasteiger partial charge in [0.05, 0.1) is 5.25 Å². The van der Waals surface area contributed by atoms with Gasteiger partial charge in [-0.05, 0) is 12.2 Å². The summed E-state index contributed by atoms with van der Waals surface area (Å²) in [4.78, 5) is 10.8. The van der Waals surface area contributed by atoms with E-state index in [1.807, 2.05) is 6.92 Å². The van der Waals surface area contributed by atoms with Crippen LogP contribution in [-0.4, -0.2) is 16.9 Å². The van der Waals surface area contributed by atoms with Crippen LogP contribution in [0.5, 0.6) is 0 Å². The molecule has 0 bridgehead atoms. The van der Waals surface area contributed by atoms with Crippen molar-refractivity contribution in [1.29, 1.82) is 0 Å². The second kappa shape index (κ2) is 6.53. The number of nitrogens with two attached hydrogens (primary N) is 1. The summed E-state index contributed by atoms with van der Waals surface area (Å²) in [6.45, 7) is 4.17. The maximum Gasteiger partial charge on any atom is 0.230 e. The van der Waals surface area contributed by atoms with Crippen molar-refractivity contribution < 1.29 is 4.79 Å². The highest BCUT2D eigenvalue weighted by Crippen LogP contribution is 2.16. The van der Waals surface area contributed by atoms with E-state index >= 15 is 0 Å². The zero-order valence-electron chi connectivity index (χ0n) is 7.30. The van der Waals surface area contributed by atoms with E-state index in [0.717, 1.165) is 25.0 Å². The molecular formula is C8H17NOS. The number of unbranched alkanes of at least 4 members (excludes halogenated alkanes) is 1. The quantitative estimate of drug-likeness (QED) is 0.668. The fraction of sp³-hybridized carbons (Fsp3) is 0.875. The van der Waals surface area contributed by atoms with Gasteiger partial charge in [-0.2, -0.15) is 0 Å². The number of hydrogen-bond acceptors (Lipinski definition) is 2. The Kier molecular flexibility index (Phi) is 6.42. The SMILES string of the molecule is CCCCC(SCC)C(N)=O. The number of hydrogen-bond donors (Lipinski definition) is 1. The molecule has 0 saturated carbocycles. The van der Waals surface area contributed by atoms with Crippen LogP contribution in [0.15, 0.2) is 0 Å². The molecule has 66 valence electrons. The van der Waals surface area contributed by atoms with Crippen molar-refractivity contribution in [3.8, 4) is 0 Å². The zero-order chi connectivity index (χ0) is 8.69. The fourth-order valence-electron chi connectivity index (χ4n) is 0.898. The van der Waals surface area contributed by atoms with Gasteiger partial charge in [0.15, 0.2) is 0 Å². The standard InChI is InChI=1S/C8H17NOS/c1-3-5-6-7(8(9)10)11-4-2/h7H,3-6H2,1-2H3,(H2,9,10). The van der Waals surface area contributed by atoms with Crippen LogP contribution in [0.2, 0.25) is 0 Å². The third kappa shape index (κ3) is 5.13.